The number of benzene rings is 1. The van der Waals surface area contributed by atoms with E-state index in [-0.39, 0.29) is 5.91 Å². The number of amides is 1. The average Bonchev–Trinajstić information content (AvgIpc) is 2.82. The number of nitrogens with one attached hydrogen (secondary N) is 1. The van der Waals surface area contributed by atoms with Crippen molar-refractivity contribution in [1.82, 2.24) is 5.32 Å². The van der Waals surface area contributed by atoms with Gasteiger partial charge in [-0.3, -0.25) is 4.79 Å². The summed E-state index contributed by atoms with van der Waals surface area (Å²) in [4.78, 5) is 23.7. The van der Waals surface area contributed by atoms with E-state index in [1.165, 1.54) is 0 Å². The van der Waals surface area contributed by atoms with Crippen LogP contribution in [0.25, 0.3) is 0 Å². The molecule has 0 aliphatic carbocycles. The number of carbonyl (C=O) groups excluding carboxylic acids is 1. The third kappa shape index (κ3) is 2.79. The van der Waals surface area contributed by atoms with Crippen molar-refractivity contribution in [3.05, 3.63) is 33.8 Å². The van der Waals surface area contributed by atoms with Crippen LogP contribution >= 0.6 is 27.7 Å². The number of halogens is 1. The lowest BCUT2D eigenvalue weighted by Crippen LogP contribution is -2.54. The second-order valence-corrected chi connectivity index (χ2v) is 6.52. The fourth-order valence-corrected chi connectivity index (χ4v) is 3.72. The first-order valence-electron chi connectivity index (χ1n) is 5.85. The number of hydrogen-bond acceptors (Lipinski definition) is 3. The van der Waals surface area contributed by atoms with Crippen LogP contribution in [0.2, 0.25) is 0 Å². The molecule has 1 amide bonds. The van der Waals surface area contributed by atoms with Gasteiger partial charge in [-0.2, -0.15) is 11.8 Å². The predicted molar refractivity (Wildman–Crippen MR) is 78.7 cm³/mol. The fraction of sp³-hybridized carbons (Fsp3) is 0.385. The lowest BCUT2D eigenvalue weighted by molar-refractivity contribution is -0.143. The Kier molecular flexibility index (Phi) is 4.20. The summed E-state index contributed by atoms with van der Waals surface area (Å²) >= 11 is 4.92. The third-order valence-electron chi connectivity index (χ3n) is 3.30. The van der Waals surface area contributed by atoms with E-state index in [1.54, 1.807) is 23.9 Å². The molecule has 1 atom stereocenters. The average molecular weight is 344 g/mol. The first kappa shape index (κ1) is 14.4. The minimum atomic E-state index is -1.13. The Balaban J connectivity index is 2.25. The molecule has 1 unspecified atom stereocenters. The second-order valence-electron chi connectivity index (χ2n) is 4.56. The van der Waals surface area contributed by atoms with Gasteiger partial charge in [0.05, 0.1) is 0 Å². The molecule has 1 aliphatic heterocycles. The van der Waals surface area contributed by atoms with Crippen molar-refractivity contribution in [1.29, 1.82) is 0 Å². The van der Waals surface area contributed by atoms with Gasteiger partial charge in [0.15, 0.2) is 0 Å². The summed E-state index contributed by atoms with van der Waals surface area (Å²) in [5.41, 5.74) is 0.189. The summed E-state index contributed by atoms with van der Waals surface area (Å²) in [5, 5.41) is 12.0. The molecule has 1 saturated heterocycles. The zero-order chi connectivity index (χ0) is 14.0. The van der Waals surface area contributed by atoms with Crippen LogP contribution in [0.3, 0.4) is 0 Å². The zero-order valence-corrected chi connectivity index (χ0v) is 12.8. The Morgan fingerprint density at radius 1 is 1.47 bits per heavy atom. The maximum absolute atomic E-state index is 12.3. The van der Waals surface area contributed by atoms with Crippen molar-refractivity contribution >= 4 is 39.6 Å². The van der Waals surface area contributed by atoms with Crippen molar-refractivity contribution < 1.29 is 14.7 Å². The Morgan fingerprint density at radius 3 is 2.79 bits per heavy atom. The monoisotopic (exact) mass is 343 g/mol. The number of aliphatic carboxylic acids is 1. The molecule has 0 saturated carbocycles. The van der Waals surface area contributed by atoms with Gasteiger partial charge in [0.25, 0.3) is 5.91 Å². The molecule has 6 heteroatoms. The second kappa shape index (κ2) is 5.54. The number of carbonyl (C=O) groups is 2. The van der Waals surface area contributed by atoms with Crippen LogP contribution in [0.4, 0.5) is 0 Å². The molecule has 1 aromatic carbocycles. The van der Waals surface area contributed by atoms with Crippen LogP contribution in [0, 0.1) is 6.92 Å². The van der Waals surface area contributed by atoms with Gasteiger partial charge in [0.2, 0.25) is 0 Å². The number of hydrogen-bond donors (Lipinski definition) is 2. The lowest BCUT2D eigenvalue weighted by atomic mass is 9.98. The highest BCUT2D eigenvalue weighted by atomic mass is 79.9. The van der Waals surface area contributed by atoms with Crippen molar-refractivity contribution in [2.24, 2.45) is 0 Å². The molecule has 1 aliphatic rings. The van der Waals surface area contributed by atoms with E-state index in [4.69, 9.17) is 0 Å². The van der Waals surface area contributed by atoms with Crippen molar-refractivity contribution in [2.45, 2.75) is 18.9 Å². The largest absolute Gasteiger partial charge is 0.479 e. The van der Waals surface area contributed by atoms with Gasteiger partial charge >= 0.3 is 5.97 Å². The first-order valence-corrected chi connectivity index (χ1v) is 7.80. The normalized spacial score (nSPS) is 22.2. The predicted octanol–water partition coefficient (Wildman–Crippen LogP) is 2.45. The molecule has 0 spiro atoms. The minimum Gasteiger partial charge on any atom is -0.479 e. The smallest absolute Gasteiger partial charge is 0.330 e. The van der Waals surface area contributed by atoms with E-state index in [9.17, 15) is 14.7 Å². The van der Waals surface area contributed by atoms with Crippen molar-refractivity contribution in [2.75, 3.05) is 11.5 Å². The van der Waals surface area contributed by atoms with Crippen LogP contribution < -0.4 is 5.32 Å². The van der Waals surface area contributed by atoms with Gasteiger partial charge < -0.3 is 10.4 Å². The lowest BCUT2D eigenvalue weighted by Gasteiger charge is -2.25. The topological polar surface area (TPSA) is 66.4 Å². The van der Waals surface area contributed by atoms with Crippen LogP contribution in [0.1, 0.15) is 22.3 Å². The molecule has 0 radical (unpaired) electrons. The molecule has 0 aromatic heterocycles. The molecule has 0 bridgehead atoms. The molecule has 1 heterocycles. The van der Waals surface area contributed by atoms with Crippen molar-refractivity contribution in [3.8, 4) is 0 Å². The summed E-state index contributed by atoms with van der Waals surface area (Å²) in [6.45, 7) is 1.83. The molecule has 2 rings (SSSR count). The van der Waals surface area contributed by atoms with Crippen LogP contribution in [0.15, 0.2) is 22.7 Å². The Hall–Kier alpha value is -1.01. The first-order chi connectivity index (χ1) is 8.96. The summed E-state index contributed by atoms with van der Waals surface area (Å²) < 4.78 is 0.838. The van der Waals surface area contributed by atoms with Crippen LogP contribution in [-0.4, -0.2) is 34.0 Å². The molecule has 1 fully saturated rings. The molecule has 102 valence electrons. The number of rotatable bonds is 3. The van der Waals surface area contributed by atoms with E-state index in [2.05, 4.69) is 21.2 Å². The Morgan fingerprint density at radius 2 is 2.21 bits per heavy atom. The van der Waals surface area contributed by atoms with Crippen molar-refractivity contribution in [3.63, 3.8) is 0 Å². The van der Waals surface area contributed by atoms with Crippen LogP contribution in [-0.2, 0) is 4.79 Å². The van der Waals surface area contributed by atoms with E-state index in [0.29, 0.717) is 17.7 Å². The van der Waals surface area contributed by atoms with Gasteiger partial charge in [0.1, 0.15) is 5.54 Å². The molecular formula is C13H14BrNO3S. The Bertz CT molecular complexity index is 527. The minimum absolute atomic E-state index is 0.330. The maximum atomic E-state index is 12.3. The fourth-order valence-electron chi connectivity index (χ4n) is 2.02. The summed E-state index contributed by atoms with van der Waals surface area (Å²) in [7, 11) is 0. The van der Waals surface area contributed by atoms with Gasteiger partial charge in [-0.15, -0.1) is 0 Å². The molecule has 2 N–H and O–H groups in total. The van der Waals surface area contributed by atoms with E-state index in [1.807, 2.05) is 13.0 Å². The quantitative estimate of drug-likeness (QED) is 0.884. The Labute approximate surface area is 124 Å². The third-order valence-corrected chi connectivity index (χ3v) is 5.34. The molecular weight excluding hydrogens is 330 g/mol. The van der Waals surface area contributed by atoms with Crippen LogP contribution in [0.5, 0.6) is 0 Å². The van der Waals surface area contributed by atoms with Gasteiger partial charge in [0, 0.05) is 15.8 Å². The summed E-state index contributed by atoms with van der Waals surface area (Å²) in [6, 6.07) is 5.32. The molecule has 1 aromatic rings. The number of thioether (sulfide) groups is 1. The highest BCUT2D eigenvalue weighted by Gasteiger charge is 2.43. The molecule has 19 heavy (non-hydrogen) atoms. The van der Waals surface area contributed by atoms with Gasteiger partial charge in [-0.25, -0.2) is 4.79 Å². The highest BCUT2D eigenvalue weighted by Crippen LogP contribution is 2.29. The number of carboxylic acid groups (broad SMARTS) is 1. The standard InChI is InChI=1S/C13H14BrNO3S/c1-8-9(3-2-4-10(8)14)11(16)15-13(12(17)18)5-6-19-7-13/h2-4H,5-7H2,1H3,(H,15,16)(H,17,18). The van der Waals surface area contributed by atoms with E-state index >= 15 is 0 Å². The SMILES string of the molecule is Cc1c(Br)cccc1C(=O)NC1(C(=O)O)CCSC1. The maximum Gasteiger partial charge on any atom is 0.330 e. The zero-order valence-electron chi connectivity index (χ0n) is 10.4. The highest BCUT2D eigenvalue weighted by molar-refractivity contribution is 9.10. The number of carboxylic acids is 1. The van der Waals surface area contributed by atoms with E-state index in [0.717, 1.165) is 15.8 Å². The summed E-state index contributed by atoms with van der Waals surface area (Å²) in [5.74, 6) is -0.118. The van der Waals surface area contributed by atoms with Gasteiger partial charge in [-0.05, 0) is 36.8 Å². The van der Waals surface area contributed by atoms with E-state index < -0.39 is 11.5 Å². The summed E-state index contributed by atoms with van der Waals surface area (Å²) in [6.07, 6.45) is 0.464. The van der Waals surface area contributed by atoms with Gasteiger partial charge in [-0.1, -0.05) is 22.0 Å². The molecule has 4 nitrogen and oxygen atoms in total.